The van der Waals surface area contributed by atoms with Crippen LogP contribution in [0.25, 0.3) is 11.3 Å². The number of aromatic nitrogens is 2. The monoisotopic (exact) mass is 367 g/mol. The van der Waals surface area contributed by atoms with E-state index in [1.165, 1.54) is 0 Å². The Morgan fingerprint density at radius 3 is 2.85 bits per heavy atom. The standard InChI is InChI=1S/C20H21N3O2S/c1-15-5-2-6-16(11-15)14-26(24,25)22-18-8-3-7-17(12-18)19-13-21-20-9-4-10-23(19)20/h2-3,5-8,11-13,22H,4,9-10,14H2,1H3. The molecule has 0 saturated heterocycles. The number of anilines is 1. The molecule has 0 saturated carbocycles. The minimum absolute atomic E-state index is 0.0407. The molecule has 134 valence electrons. The maximum absolute atomic E-state index is 12.5. The summed E-state index contributed by atoms with van der Waals surface area (Å²) >= 11 is 0. The van der Waals surface area contributed by atoms with E-state index in [2.05, 4.69) is 14.3 Å². The van der Waals surface area contributed by atoms with Crippen LogP contribution in [0.1, 0.15) is 23.4 Å². The summed E-state index contributed by atoms with van der Waals surface area (Å²) in [6.07, 6.45) is 3.98. The Morgan fingerprint density at radius 2 is 2.00 bits per heavy atom. The summed E-state index contributed by atoms with van der Waals surface area (Å²) in [7, 11) is -3.47. The van der Waals surface area contributed by atoms with Gasteiger partial charge in [0.2, 0.25) is 10.0 Å². The van der Waals surface area contributed by atoms with Crippen molar-refractivity contribution in [2.45, 2.75) is 32.1 Å². The van der Waals surface area contributed by atoms with E-state index in [0.29, 0.717) is 5.69 Å². The average molecular weight is 367 g/mol. The summed E-state index contributed by atoms with van der Waals surface area (Å²) in [6.45, 7) is 2.92. The van der Waals surface area contributed by atoms with Gasteiger partial charge in [-0.2, -0.15) is 0 Å². The lowest BCUT2D eigenvalue weighted by atomic mass is 10.1. The Bertz CT molecular complexity index is 1050. The lowest BCUT2D eigenvalue weighted by Crippen LogP contribution is -2.15. The number of nitrogens with zero attached hydrogens (tertiary/aromatic N) is 2. The zero-order valence-corrected chi connectivity index (χ0v) is 15.5. The largest absolute Gasteiger partial charge is 0.328 e. The van der Waals surface area contributed by atoms with Gasteiger partial charge in [0.15, 0.2) is 0 Å². The Morgan fingerprint density at radius 1 is 1.15 bits per heavy atom. The lowest BCUT2D eigenvalue weighted by molar-refractivity contribution is 0.600. The highest BCUT2D eigenvalue weighted by Crippen LogP contribution is 2.27. The summed E-state index contributed by atoms with van der Waals surface area (Å²) in [6, 6.07) is 15.1. The normalized spacial score (nSPS) is 13.6. The van der Waals surface area contributed by atoms with Crippen LogP contribution >= 0.6 is 0 Å². The summed E-state index contributed by atoms with van der Waals surface area (Å²) in [5.41, 5.74) is 4.42. The first kappa shape index (κ1) is 16.8. The zero-order valence-electron chi connectivity index (χ0n) is 14.6. The van der Waals surface area contributed by atoms with Gasteiger partial charge in [-0.05, 0) is 31.0 Å². The molecule has 2 aromatic carbocycles. The van der Waals surface area contributed by atoms with Gasteiger partial charge in [0.25, 0.3) is 0 Å². The van der Waals surface area contributed by atoms with Gasteiger partial charge in [0.1, 0.15) is 5.82 Å². The number of sulfonamides is 1. The Kier molecular flexibility index (Phi) is 4.28. The highest BCUT2D eigenvalue weighted by atomic mass is 32.2. The molecule has 3 aromatic rings. The van der Waals surface area contributed by atoms with Crippen LogP contribution in [0.15, 0.2) is 54.7 Å². The van der Waals surface area contributed by atoms with Crippen LogP contribution in [0.5, 0.6) is 0 Å². The van der Waals surface area contributed by atoms with E-state index in [0.717, 1.165) is 47.6 Å². The fourth-order valence-corrected chi connectivity index (χ4v) is 4.64. The molecule has 4 rings (SSSR count). The number of hydrogen-bond donors (Lipinski definition) is 1. The molecule has 0 unspecified atom stereocenters. The Balaban J connectivity index is 1.57. The molecule has 0 radical (unpaired) electrons. The summed E-state index contributed by atoms with van der Waals surface area (Å²) in [4.78, 5) is 4.47. The molecule has 0 fully saturated rings. The number of rotatable bonds is 5. The van der Waals surface area contributed by atoms with Crippen LogP contribution < -0.4 is 4.72 Å². The maximum atomic E-state index is 12.5. The highest BCUT2D eigenvalue weighted by Gasteiger charge is 2.17. The number of imidazole rings is 1. The van der Waals surface area contributed by atoms with Gasteiger partial charge in [0, 0.05) is 24.2 Å². The van der Waals surface area contributed by atoms with Gasteiger partial charge in [-0.15, -0.1) is 0 Å². The first-order valence-corrected chi connectivity index (χ1v) is 10.4. The van der Waals surface area contributed by atoms with Crippen molar-refractivity contribution in [2.24, 2.45) is 0 Å². The maximum Gasteiger partial charge on any atom is 0.236 e. The molecular formula is C20H21N3O2S. The minimum atomic E-state index is -3.47. The van der Waals surface area contributed by atoms with Crippen LogP contribution in [0.4, 0.5) is 5.69 Å². The summed E-state index contributed by atoms with van der Waals surface area (Å²) < 4.78 is 30.0. The van der Waals surface area contributed by atoms with Crippen molar-refractivity contribution >= 4 is 15.7 Å². The van der Waals surface area contributed by atoms with Gasteiger partial charge in [-0.25, -0.2) is 13.4 Å². The molecule has 0 amide bonds. The van der Waals surface area contributed by atoms with Crippen molar-refractivity contribution in [3.05, 3.63) is 71.7 Å². The van der Waals surface area contributed by atoms with E-state index in [1.54, 1.807) is 6.07 Å². The van der Waals surface area contributed by atoms with Crippen LogP contribution in [0, 0.1) is 6.92 Å². The van der Waals surface area contributed by atoms with E-state index < -0.39 is 10.0 Å². The van der Waals surface area contributed by atoms with Crippen molar-refractivity contribution in [2.75, 3.05) is 4.72 Å². The summed E-state index contributed by atoms with van der Waals surface area (Å²) in [5, 5.41) is 0. The third-order valence-corrected chi connectivity index (χ3v) is 5.85. The van der Waals surface area contributed by atoms with Crippen molar-refractivity contribution in [3.8, 4) is 11.3 Å². The van der Waals surface area contributed by atoms with Gasteiger partial charge in [-0.1, -0.05) is 42.0 Å². The van der Waals surface area contributed by atoms with Gasteiger partial charge in [-0.3, -0.25) is 4.72 Å². The molecule has 1 aromatic heterocycles. The molecule has 2 heterocycles. The molecule has 0 aliphatic carbocycles. The lowest BCUT2D eigenvalue weighted by Gasteiger charge is -2.11. The van der Waals surface area contributed by atoms with Crippen LogP contribution in [-0.2, 0) is 28.7 Å². The fourth-order valence-electron chi connectivity index (χ4n) is 3.47. The molecular weight excluding hydrogens is 346 g/mol. The number of hydrogen-bond acceptors (Lipinski definition) is 3. The first-order valence-electron chi connectivity index (χ1n) is 8.71. The smallest absolute Gasteiger partial charge is 0.236 e. The Labute approximate surface area is 153 Å². The van der Waals surface area contributed by atoms with Crippen LogP contribution in [0.2, 0.25) is 0 Å². The van der Waals surface area contributed by atoms with Gasteiger partial charge < -0.3 is 4.57 Å². The van der Waals surface area contributed by atoms with E-state index in [1.807, 2.05) is 55.6 Å². The number of fused-ring (bicyclic) bond motifs is 1. The van der Waals surface area contributed by atoms with Crippen molar-refractivity contribution in [1.29, 1.82) is 0 Å². The zero-order chi connectivity index (χ0) is 18.1. The molecule has 5 nitrogen and oxygen atoms in total. The number of aryl methyl sites for hydroxylation is 2. The van der Waals surface area contributed by atoms with E-state index in [9.17, 15) is 8.42 Å². The molecule has 1 aliphatic rings. The van der Waals surface area contributed by atoms with Crippen molar-refractivity contribution in [3.63, 3.8) is 0 Å². The SMILES string of the molecule is Cc1cccc(CS(=O)(=O)Nc2cccc(-c3cnc4n3CCC4)c2)c1. The summed E-state index contributed by atoms with van der Waals surface area (Å²) in [5.74, 6) is 1.06. The molecule has 6 heteroatoms. The number of nitrogens with one attached hydrogen (secondary N) is 1. The fraction of sp³-hybridized carbons (Fsp3) is 0.250. The molecule has 1 N–H and O–H groups in total. The second kappa shape index (κ2) is 6.61. The van der Waals surface area contributed by atoms with E-state index in [4.69, 9.17) is 0 Å². The second-order valence-electron chi connectivity index (χ2n) is 6.75. The van der Waals surface area contributed by atoms with E-state index >= 15 is 0 Å². The molecule has 0 spiro atoms. The topological polar surface area (TPSA) is 64.0 Å². The van der Waals surface area contributed by atoms with Gasteiger partial charge >= 0.3 is 0 Å². The minimum Gasteiger partial charge on any atom is -0.328 e. The second-order valence-corrected chi connectivity index (χ2v) is 8.47. The Hall–Kier alpha value is -2.60. The molecule has 1 aliphatic heterocycles. The van der Waals surface area contributed by atoms with Crippen molar-refractivity contribution < 1.29 is 8.42 Å². The molecule has 0 bridgehead atoms. The molecule has 26 heavy (non-hydrogen) atoms. The predicted octanol–water partition coefficient (Wildman–Crippen LogP) is 3.75. The number of benzene rings is 2. The quantitative estimate of drug-likeness (QED) is 0.747. The van der Waals surface area contributed by atoms with Gasteiger partial charge in [0.05, 0.1) is 17.6 Å². The van der Waals surface area contributed by atoms with Crippen LogP contribution in [-0.4, -0.2) is 18.0 Å². The third kappa shape index (κ3) is 3.51. The first-order chi connectivity index (χ1) is 12.5. The third-order valence-electron chi connectivity index (χ3n) is 4.59. The highest BCUT2D eigenvalue weighted by molar-refractivity contribution is 7.91. The molecule has 0 atom stereocenters. The average Bonchev–Trinajstić information content (AvgIpc) is 3.17. The van der Waals surface area contributed by atoms with E-state index in [-0.39, 0.29) is 5.75 Å². The van der Waals surface area contributed by atoms with Crippen LogP contribution in [0.3, 0.4) is 0 Å². The van der Waals surface area contributed by atoms with Crippen molar-refractivity contribution in [1.82, 2.24) is 9.55 Å². The predicted molar refractivity (Wildman–Crippen MR) is 103 cm³/mol.